The number of cyclic esters (lactones) is 1. The molecule has 9 nitrogen and oxygen atoms in total. The molecule has 1 aliphatic carbocycles. The van der Waals surface area contributed by atoms with E-state index in [2.05, 4.69) is 58.0 Å². The van der Waals surface area contributed by atoms with E-state index in [1.807, 2.05) is 11.8 Å². The third-order valence-electron chi connectivity index (χ3n) is 7.65. The van der Waals surface area contributed by atoms with Crippen molar-refractivity contribution in [1.82, 2.24) is 19.8 Å². The van der Waals surface area contributed by atoms with Crippen molar-refractivity contribution in [2.24, 2.45) is 5.92 Å². The van der Waals surface area contributed by atoms with Gasteiger partial charge in [-0.15, -0.1) is 0 Å². The van der Waals surface area contributed by atoms with Crippen molar-refractivity contribution >= 4 is 23.8 Å². The Bertz CT molecular complexity index is 1140. The van der Waals surface area contributed by atoms with Crippen LogP contribution >= 0.6 is 0 Å². The van der Waals surface area contributed by atoms with Crippen molar-refractivity contribution in [2.45, 2.75) is 51.8 Å². The number of ether oxygens (including phenoxy) is 1. The number of nitrogens with zero attached hydrogens (tertiary/aromatic N) is 5. The molecule has 0 spiro atoms. The second-order valence-corrected chi connectivity index (χ2v) is 10.1. The predicted octanol–water partition coefficient (Wildman–Crippen LogP) is 4.30. The molecule has 1 saturated heterocycles. The number of amides is 2. The van der Waals surface area contributed by atoms with Gasteiger partial charge in [0.1, 0.15) is 12.4 Å². The van der Waals surface area contributed by atoms with Gasteiger partial charge in [-0.2, -0.15) is 4.98 Å². The maximum Gasteiger partial charge on any atom is 0.415 e. The summed E-state index contributed by atoms with van der Waals surface area (Å²) in [6.07, 6.45) is 6.56. The van der Waals surface area contributed by atoms with Crippen LogP contribution in [0.25, 0.3) is 0 Å². The highest BCUT2D eigenvalue weighted by Crippen LogP contribution is 2.40. The Balaban J connectivity index is 1.26. The van der Waals surface area contributed by atoms with Gasteiger partial charge in [-0.1, -0.05) is 43.7 Å². The Kier molecular flexibility index (Phi) is 7.41. The number of piperazine rings is 1. The van der Waals surface area contributed by atoms with Crippen LogP contribution < -0.4 is 10.2 Å². The summed E-state index contributed by atoms with van der Waals surface area (Å²) in [7, 11) is 0. The van der Waals surface area contributed by atoms with E-state index in [1.165, 1.54) is 35.8 Å². The van der Waals surface area contributed by atoms with Crippen molar-refractivity contribution in [3.8, 4) is 0 Å². The van der Waals surface area contributed by atoms with E-state index in [-0.39, 0.29) is 24.6 Å². The van der Waals surface area contributed by atoms with Crippen LogP contribution in [-0.4, -0.2) is 64.5 Å². The van der Waals surface area contributed by atoms with Crippen LogP contribution in [-0.2, 0) is 16.1 Å². The molecule has 2 unspecified atom stereocenters. The average molecular weight is 505 g/mol. The first-order valence-electron chi connectivity index (χ1n) is 13.3. The van der Waals surface area contributed by atoms with Gasteiger partial charge >= 0.3 is 6.09 Å². The van der Waals surface area contributed by atoms with Gasteiger partial charge in [-0.3, -0.25) is 14.6 Å². The van der Waals surface area contributed by atoms with E-state index in [9.17, 15) is 9.59 Å². The van der Waals surface area contributed by atoms with Crippen LogP contribution in [0.3, 0.4) is 0 Å². The molecule has 2 aromatic rings. The van der Waals surface area contributed by atoms with E-state index in [0.29, 0.717) is 24.4 Å². The molecule has 3 aliphatic rings. The lowest BCUT2D eigenvalue weighted by Crippen LogP contribution is -2.49. The summed E-state index contributed by atoms with van der Waals surface area (Å²) in [5.74, 6) is 1.92. The van der Waals surface area contributed by atoms with E-state index in [4.69, 9.17) is 4.74 Å². The Labute approximate surface area is 218 Å². The van der Waals surface area contributed by atoms with Crippen molar-refractivity contribution in [3.05, 3.63) is 59.8 Å². The normalized spacial score (nSPS) is 19.6. The fourth-order valence-electron chi connectivity index (χ4n) is 5.22. The summed E-state index contributed by atoms with van der Waals surface area (Å²) in [6, 6.07) is 9.20. The van der Waals surface area contributed by atoms with Crippen molar-refractivity contribution in [3.63, 3.8) is 0 Å². The number of fused-ring (bicyclic) bond motifs is 1. The monoisotopic (exact) mass is 504 g/mol. The van der Waals surface area contributed by atoms with Gasteiger partial charge < -0.3 is 15.0 Å². The summed E-state index contributed by atoms with van der Waals surface area (Å²) in [5.41, 5.74) is 3.28. The summed E-state index contributed by atoms with van der Waals surface area (Å²) in [5, 5.41) is 3.39. The zero-order valence-electron chi connectivity index (χ0n) is 21.7. The second kappa shape index (κ2) is 10.9. The highest BCUT2D eigenvalue weighted by atomic mass is 16.6. The van der Waals surface area contributed by atoms with Crippen molar-refractivity contribution in [1.29, 1.82) is 0 Å². The Hall–Kier alpha value is -3.46. The molecule has 1 N–H and O–H groups in total. The molecule has 1 saturated carbocycles. The molecule has 1 aromatic heterocycles. The fraction of sp³-hybridized carbons (Fsp3) is 0.500. The van der Waals surface area contributed by atoms with Gasteiger partial charge in [0.25, 0.3) is 0 Å². The molecule has 0 radical (unpaired) electrons. The van der Waals surface area contributed by atoms with Gasteiger partial charge in [0.05, 0.1) is 11.6 Å². The molecular weight excluding hydrogens is 468 g/mol. The summed E-state index contributed by atoms with van der Waals surface area (Å²) in [6.45, 7) is 11.6. The van der Waals surface area contributed by atoms with Crippen LogP contribution in [0, 0.1) is 5.92 Å². The van der Waals surface area contributed by atoms with Crippen molar-refractivity contribution < 1.29 is 14.3 Å². The number of carbonyl (C=O) groups excluding carboxylic acids is 2. The molecule has 196 valence electrons. The minimum atomic E-state index is -0.377. The highest BCUT2D eigenvalue weighted by molar-refractivity contribution is 5.89. The topological polar surface area (TPSA) is 90.9 Å². The average Bonchev–Trinajstić information content (AvgIpc) is 3.76. The standard InChI is InChI=1S/C28H36N6O3/c1-4-25(35)33-14-12-32(13-15-33)24(16-20-6-7-20)22-10-8-21(9-11-22)19(3)30-27-29-17-23-18-37-28(36)34(5-2)26(23)31-27/h4,8-11,17,19-20,24H,1,5-7,12-16,18H2,2-3H3,(H,29,30,31). The fourth-order valence-corrected chi connectivity index (χ4v) is 5.22. The number of benzene rings is 1. The minimum Gasteiger partial charge on any atom is -0.444 e. The number of rotatable bonds is 9. The lowest BCUT2D eigenvalue weighted by Gasteiger charge is -2.39. The van der Waals surface area contributed by atoms with Gasteiger partial charge in [0, 0.05) is 45.0 Å². The minimum absolute atomic E-state index is 0.00642. The Morgan fingerprint density at radius 2 is 1.89 bits per heavy atom. The van der Waals surface area contributed by atoms with Crippen LogP contribution in [0.15, 0.2) is 43.1 Å². The van der Waals surface area contributed by atoms with E-state index in [0.717, 1.165) is 43.2 Å². The second-order valence-electron chi connectivity index (χ2n) is 10.1. The number of nitrogens with one attached hydrogen (secondary N) is 1. The molecule has 0 bridgehead atoms. The number of anilines is 2. The van der Waals surface area contributed by atoms with Gasteiger partial charge in [-0.05, 0) is 43.4 Å². The predicted molar refractivity (Wildman–Crippen MR) is 142 cm³/mol. The quantitative estimate of drug-likeness (QED) is 0.509. The number of aromatic nitrogens is 2. The van der Waals surface area contributed by atoms with Gasteiger partial charge in [0.15, 0.2) is 0 Å². The highest BCUT2D eigenvalue weighted by Gasteiger charge is 2.32. The SMILES string of the molecule is C=CC(=O)N1CCN(C(CC2CC2)c2ccc(C(C)Nc3ncc4c(n3)N(CC)C(=O)OC4)cc2)CC1. The molecular formula is C28H36N6O3. The van der Waals surface area contributed by atoms with Crippen LogP contribution in [0.5, 0.6) is 0 Å². The molecule has 3 heterocycles. The molecule has 2 fully saturated rings. The third-order valence-corrected chi connectivity index (χ3v) is 7.65. The third kappa shape index (κ3) is 5.61. The maximum atomic E-state index is 12.1. The number of hydrogen-bond donors (Lipinski definition) is 1. The first kappa shape index (κ1) is 25.2. The Morgan fingerprint density at radius 3 is 2.54 bits per heavy atom. The molecule has 9 heteroatoms. The molecule has 2 amide bonds. The summed E-state index contributed by atoms with van der Waals surface area (Å²) >= 11 is 0. The smallest absolute Gasteiger partial charge is 0.415 e. The zero-order valence-corrected chi connectivity index (χ0v) is 21.7. The first-order chi connectivity index (χ1) is 18.0. The summed E-state index contributed by atoms with van der Waals surface area (Å²) in [4.78, 5) is 39.1. The van der Waals surface area contributed by atoms with E-state index in [1.54, 1.807) is 6.20 Å². The molecule has 5 rings (SSSR count). The van der Waals surface area contributed by atoms with Crippen LogP contribution in [0.4, 0.5) is 16.6 Å². The number of hydrogen-bond acceptors (Lipinski definition) is 7. The van der Waals surface area contributed by atoms with Crippen LogP contribution in [0.2, 0.25) is 0 Å². The maximum absolute atomic E-state index is 12.1. The lowest BCUT2D eigenvalue weighted by atomic mass is 9.96. The van der Waals surface area contributed by atoms with E-state index < -0.39 is 0 Å². The molecule has 2 aliphatic heterocycles. The largest absolute Gasteiger partial charge is 0.444 e. The number of carbonyl (C=O) groups is 2. The molecule has 37 heavy (non-hydrogen) atoms. The lowest BCUT2D eigenvalue weighted by molar-refractivity contribution is -0.128. The van der Waals surface area contributed by atoms with Crippen molar-refractivity contribution in [2.75, 3.05) is 42.9 Å². The summed E-state index contributed by atoms with van der Waals surface area (Å²) < 4.78 is 5.18. The molecule has 2 atom stereocenters. The molecule has 1 aromatic carbocycles. The Morgan fingerprint density at radius 1 is 1.19 bits per heavy atom. The van der Waals surface area contributed by atoms with Gasteiger partial charge in [0.2, 0.25) is 11.9 Å². The zero-order chi connectivity index (χ0) is 25.9. The van der Waals surface area contributed by atoms with Gasteiger partial charge in [-0.25, -0.2) is 9.78 Å². The first-order valence-corrected chi connectivity index (χ1v) is 13.3. The van der Waals surface area contributed by atoms with Crippen LogP contribution in [0.1, 0.15) is 61.9 Å². The van der Waals surface area contributed by atoms with E-state index >= 15 is 0 Å².